The number of hydrogen-bond acceptors (Lipinski definition) is 6. The SMILES string of the molecule is C[C@@H]1CN(C(=O)c2cn(C3CC3)c3cc(Cl)c(F)cc3c2=O)C[C@H](C)N1Cc1cn(CC(O)c2ccc(C(C)(C)C)cc2)nn1. The van der Waals surface area contributed by atoms with Crippen LogP contribution in [0.1, 0.15) is 86.8 Å². The topological polar surface area (TPSA) is 96.5 Å². The van der Waals surface area contributed by atoms with Crippen LogP contribution >= 0.6 is 11.6 Å². The lowest BCUT2D eigenvalue weighted by Gasteiger charge is -2.44. The molecule has 1 saturated heterocycles. The van der Waals surface area contributed by atoms with Gasteiger partial charge in [0.2, 0.25) is 5.43 Å². The maximum absolute atomic E-state index is 14.4. The number of halogens is 2. The summed E-state index contributed by atoms with van der Waals surface area (Å²) in [6.07, 6.45) is 4.63. The summed E-state index contributed by atoms with van der Waals surface area (Å²) in [4.78, 5) is 31.2. The molecule has 0 spiro atoms. The fourth-order valence-corrected chi connectivity index (χ4v) is 6.49. The van der Waals surface area contributed by atoms with E-state index in [2.05, 4.69) is 48.1 Å². The molecule has 4 aromatic rings. The normalized spacial score (nSPS) is 20.1. The molecule has 1 saturated carbocycles. The summed E-state index contributed by atoms with van der Waals surface area (Å²) in [6, 6.07) is 10.8. The first-order valence-electron chi connectivity index (χ1n) is 15.6. The van der Waals surface area contributed by atoms with Crippen molar-refractivity contribution in [2.45, 2.75) is 90.2 Å². The minimum Gasteiger partial charge on any atom is -0.386 e. The highest BCUT2D eigenvalue weighted by Crippen LogP contribution is 2.38. The Morgan fingerprint density at radius 1 is 1.09 bits per heavy atom. The summed E-state index contributed by atoms with van der Waals surface area (Å²) in [5.74, 6) is -1.02. The van der Waals surface area contributed by atoms with Crippen molar-refractivity contribution in [2.75, 3.05) is 13.1 Å². The maximum atomic E-state index is 14.4. The van der Waals surface area contributed by atoms with Crippen LogP contribution in [0.5, 0.6) is 0 Å². The number of aliphatic hydroxyl groups excluding tert-OH is 1. The standard InChI is InChI=1S/C34H40ClFN6O3/c1-20-14-39(33(45)27-18-42(25-10-11-25)30-13-28(35)29(36)12-26(30)32(27)44)15-21(2)41(20)17-24-16-40(38-37-24)19-31(43)22-6-8-23(9-7-22)34(3,4)5/h6-9,12-13,16,18,20-21,25,31,43H,10-11,14-15,17,19H2,1-5H3/t20-,21+,31?. The number of carbonyl (C=O) groups is 1. The average Bonchev–Trinajstić information content (AvgIpc) is 3.74. The molecule has 1 amide bonds. The van der Waals surface area contributed by atoms with Gasteiger partial charge in [0.25, 0.3) is 5.91 Å². The Hall–Kier alpha value is -3.60. The van der Waals surface area contributed by atoms with Crippen LogP contribution in [-0.2, 0) is 18.5 Å². The highest BCUT2D eigenvalue weighted by Gasteiger charge is 2.35. The van der Waals surface area contributed by atoms with E-state index in [1.807, 2.05) is 36.7 Å². The van der Waals surface area contributed by atoms with E-state index >= 15 is 0 Å². The highest BCUT2D eigenvalue weighted by atomic mass is 35.5. The number of hydrogen-bond donors (Lipinski definition) is 1. The molecule has 45 heavy (non-hydrogen) atoms. The molecular formula is C34H40ClFN6O3. The molecule has 11 heteroatoms. The van der Waals surface area contributed by atoms with Crippen molar-refractivity contribution in [1.29, 1.82) is 0 Å². The van der Waals surface area contributed by atoms with E-state index in [-0.39, 0.29) is 52.0 Å². The van der Waals surface area contributed by atoms with Gasteiger partial charge < -0.3 is 14.6 Å². The van der Waals surface area contributed by atoms with Crippen molar-refractivity contribution in [3.8, 4) is 0 Å². The summed E-state index contributed by atoms with van der Waals surface area (Å²) in [5.41, 5.74) is 2.98. The molecule has 1 aliphatic heterocycles. The number of rotatable bonds is 7. The molecule has 3 atom stereocenters. The minimum atomic E-state index is -0.714. The number of pyridine rings is 1. The fourth-order valence-electron chi connectivity index (χ4n) is 6.33. The van der Waals surface area contributed by atoms with Crippen molar-refractivity contribution in [3.63, 3.8) is 0 Å². The van der Waals surface area contributed by atoms with Gasteiger partial charge in [0.15, 0.2) is 0 Å². The van der Waals surface area contributed by atoms with Gasteiger partial charge in [0.05, 0.1) is 28.9 Å². The third-order valence-electron chi connectivity index (χ3n) is 9.09. The summed E-state index contributed by atoms with van der Waals surface area (Å²) in [7, 11) is 0. The van der Waals surface area contributed by atoms with Crippen molar-refractivity contribution < 1.29 is 14.3 Å². The molecule has 0 bridgehead atoms. The molecule has 2 aliphatic rings. The lowest BCUT2D eigenvalue weighted by molar-refractivity contribution is 0.0263. The van der Waals surface area contributed by atoms with Crippen molar-refractivity contribution in [2.24, 2.45) is 0 Å². The molecule has 1 unspecified atom stereocenters. The van der Waals surface area contributed by atoms with Crippen molar-refractivity contribution >= 4 is 28.4 Å². The van der Waals surface area contributed by atoms with Gasteiger partial charge in [-0.2, -0.15) is 0 Å². The number of aliphatic hydroxyl groups is 1. The summed E-state index contributed by atoms with van der Waals surface area (Å²) < 4.78 is 17.9. The number of amides is 1. The second-order valence-electron chi connectivity index (χ2n) is 13.7. The van der Waals surface area contributed by atoms with Crippen LogP contribution in [0.3, 0.4) is 0 Å². The molecule has 3 heterocycles. The number of fused-ring (bicyclic) bond motifs is 1. The Balaban J connectivity index is 1.13. The highest BCUT2D eigenvalue weighted by molar-refractivity contribution is 6.31. The van der Waals surface area contributed by atoms with Crippen LogP contribution < -0.4 is 5.43 Å². The monoisotopic (exact) mass is 634 g/mol. The van der Waals surface area contributed by atoms with Crippen LogP contribution in [-0.4, -0.2) is 65.5 Å². The molecule has 2 fully saturated rings. The fraction of sp³-hybridized carbons (Fsp3) is 0.471. The lowest BCUT2D eigenvalue weighted by Crippen LogP contribution is -2.58. The molecule has 2 aromatic carbocycles. The lowest BCUT2D eigenvalue weighted by atomic mass is 9.86. The van der Waals surface area contributed by atoms with Crippen LogP contribution in [0.4, 0.5) is 4.39 Å². The predicted molar refractivity (Wildman–Crippen MR) is 172 cm³/mol. The van der Waals surface area contributed by atoms with E-state index in [9.17, 15) is 19.1 Å². The Bertz CT molecular complexity index is 1780. The average molecular weight is 635 g/mol. The van der Waals surface area contributed by atoms with Gasteiger partial charge in [-0.05, 0) is 55.4 Å². The largest absolute Gasteiger partial charge is 0.386 e. The van der Waals surface area contributed by atoms with Gasteiger partial charge in [0, 0.05) is 55.5 Å². The predicted octanol–water partition coefficient (Wildman–Crippen LogP) is 5.49. The molecule has 9 nitrogen and oxygen atoms in total. The maximum Gasteiger partial charge on any atom is 0.259 e. The Morgan fingerprint density at radius 3 is 2.38 bits per heavy atom. The first-order valence-corrected chi connectivity index (χ1v) is 15.9. The zero-order chi connectivity index (χ0) is 32.2. The molecule has 0 radical (unpaired) electrons. The van der Waals surface area contributed by atoms with Gasteiger partial charge >= 0.3 is 0 Å². The van der Waals surface area contributed by atoms with Gasteiger partial charge in [-0.25, -0.2) is 9.07 Å². The molecule has 1 N–H and O–H groups in total. The minimum absolute atomic E-state index is 0.0165. The number of benzene rings is 2. The second-order valence-corrected chi connectivity index (χ2v) is 14.1. The quantitative estimate of drug-likeness (QED) is 0.289. The third kappa shape index (κ3) is 6.41. The van der Waals surface area contributed by atoms with Gasteiger partial charge in [-0.1, -0.05) is 61.9 Å². The first-order chi connectivity index (χ1) is 21.3. The summed E-state index contributed by atoms with van der Waals surface area (Å²) >= 11 is 6.04. The van der Waals surface area contributed by atoms with Crippen LogP contribution in [0, 0.1) is 5.82 Å². The van der Waals surface area contributed by atoms with E-state index in [0.717, 1.165) is 30.2 Å². The summed E-state index contributed by atoms with van der Waals surface area (Å²) in [5, 5.41) is 19.6. The summed E-state index contributed by atoms with van der Waals surface area (Å²) in [6.45, 7) is 12.2. The smallest absolute Gasteiger partial charge is 0.259 e. The van der Waals surface area contributed by atoms with Crippen molar-refractivity contribution in [3.05, 3.63) is 92.2 Å². The van der Waals surface area contributed by atoms with E-state index in [4.69, 9.17) is 11.6 Å². The second kappa shape index (κ2) is 12.0. The van der Waals surface area contributed by atoms with Gasteiger partial charge in [0.1, 0.15) is 11.4 Å². The number of nitrogens with zero attached hydrogens (tertiary/aromatic N) is 6. The molecular weight excluding hydrogens is 595 g/mol. The molecule has 2 aromatic heterocycles. The van der Waals surface area contributed by atoms with Crippen LogP contribution in [0.15, 0.2) is 53.6 Å². The number of carbonyl (C=O) groups excluding carboxylic acids is 1. The Kier molecular flexibility index (Phi) is 8.34. The Morgan fingerprint density at radius 2 is 1.76 bits per heavy atom. The Labute approximate surface area is 267 Å². The van der Waals surface area contributed by atoms with Crippen LogP contribution in [0.2, 0.25) is 5.02 Å². The van der Waals surface area contributed by atoms with E-state index in [1.54, 1.807) is 15.8 Å². The number of aromatic nitrogens is 4. The van der Waals surface area contributed by atoms with E-state index in [1.165, 1.54) is 11.6 Å². The molecule has 238 valence electrons. The number of piperazine rings is 1. The van der Waals surface area contributed by atoms with E-state index in [0.29, 0.717) is 25.2 Å². The first kappa shape index (κ1) is 31.4. The van der Waals surface area contributed by atoms with Gasteiger partial charge in [-0.3, -0.25) is 14.5 Å². The third-order valence-corrected chi connectivity index (χ3v) is 9.38. The zero-order valence-electron chi connectivity index (χ0n) is 26.4. The van der Waals surface area contributed by atoms with E-state index < -0.39 is 17.3 Å². The zero-order valence-corrected chi connectivity index (χ0v) is 27.1. The molecule has 6 rings (SSSR count). The molecule has 1 aliphatic carbocycles. The van der Waals surface area contributed by atoms with Gasteiger partial charge in [-0.15, -0.1) is 5.10 Å². The van der Waals surface area contributed by atoms with Crippen LogP contribution in [0.25, 0.3) is 10.9 Å². The van der Waals surface area contributed by atoms with Crippen molar-refractivity contribution in [1.82, 2.24) is 29.4 Å².